The number of carbonyl (C=O) groups excluding carboxylic acids is 1. The minimum absolute atomic E-state index is 0.0929. The fraction of sp³-hybridized carbons (Fsp3) is 0.600. The van der Waals surface area contributed by atoms with Crippen molar-refractivity contribution < 1.29 is 4.79 Å². The minimum Gasteiger partial charge on any atom is -0.351 e. The standard InChI is InChI=1S/C10H18N4O/c1-2-3-4-9(11)10(15)12-5-8-6-13-14-7-8/h6-7,9H,2-5,11H2,1H3,(H,12,15)(H,13,14). The maximum atomic E-state index is 11.5. The average molecular weight is 210 g/mol. The van der Waals surface area contributed by atoms with E-state index in [0.717, 1.165) is 24.8 Å². The molecule has 84 valence electrons. The lowest BCUT2D eigenvalue weighted by atomic mass is 10.1. The molecule has 1 atom stereocenters. The Balaban J connectivity index is 2.23. The quantitative estimate of drug-likeness (QED) is 0.641. The van der Waals surface area contributed by atoms with Gasteiger partial charge in [0.05, 0.1) is 12.2 Å². The highest BCUT2D eigenvalue weighted by atomic mass is 16.2. The third-order valence-corrected chi connectivity index (χ3v) is 2.23. The molecule has 0 aliphatic rings. The summed E-state index contributed by atoms with van der Waals surface area (Å²) in [7, 11) is 0. The summed E-state index contributed by atoms with van der Waals surface area (Å²) in [6.45, 7) is 2.56. The zero-order chi connectivity index (χ0) is 11.1. The number of nitrogens with two attached hydrogens (primary N) is 1. The van der Waals surface area contributed by atoms with E-state index in [2.05, 4.69) is 22.4 Å². The van der Waals surface area contributed by atoms with Crippen LogP contribution in [0.2, 0.25) is 0 Å². The first kappa shape index (κ1) is 11.7. The van der Waals surface area contributed by atoms with E-state index in [-0.39, 0.29) is 5.91 Å². The largest absolute Gasteiger partial charge is 0.351 e. The summed E-state index contributed by atoms with van der Waals surface area (Å²) >= 11 is 0. The van der Waals surface area contributed by atoms with Crippen LogP contribution in [0.3, 0.4) is 0 Å². The van der Waals surface area contributed by atoms with E-state index in [1.54, 1.807) is 12.4 Å². The Bertz CT molecular complexity index is 284. The lowest BCUT2D eigenvalue weighted by Gasteiger charge is -2.10. The number of carbonyl (C=O) groups is 1. The van der Waals surface area contributed by atoms with Gasteiger partial charge in [0, 0.05) is 18.3 Å². The van der Waals surface area contributed by atoms with Crippen molar-refractivity contribution in [2.24, 2.45) is 5.73 Å². The van der Waals surface area contributed by atoms with Crippen LogP contribution in [0.4, 0.5) is 0 Å². The SMILES string of the molecule is CCCCC(N)C(=O)NCc1cn[nH]c1. The van der Waals surface area contributed by atoms with Crippen LogP contribution < -0.4 is 11.1 Å². The second-order valence-corrected chi connectivity index (χ2v) is 3.57. The zero-order valence-corrected chi connectivity index (χ0v) is 8.99. The lowest BCUT2D eigenvalue weighted by molar-refractivity contribution is -0.122. The normalized spacial score (nSPS) is 12.4. The van der Waals surface area contributed by atoms with Crippen molar-refractivity contribution in [3.05, 3.63) is 18.0 Å². The Morgan fingerprint density at radius 2 is 2.53 bits per heavy atom. The van der Waals surface area contributed by atoms with Gasteiger partial charge in [0.15, 0.2) is 0 Å². The summed E-state index contributed by atoms with van der Waals surface area (Å²) in [5.41, 5.74) is 6.66. The Morgan fingerprint density at radius 1 is 1.73 bits per heavy atom. The van der Waals surface area contributed by atoms with Gasteiger partial charge in [0.1, 0.15) is 0 Å². The summed E-state index contributed by atoms with van der Waals surface area (Å²) in [4.78, 5) is 11.5. The zero-order valence-electron chi connectivity index (χ0n) is 8.99. The first-order valence-electron chi connectivity index (χ1n) is 5.25. The molecule has 1 unspecified atom stereocenters. The number of amides is 1. The van der Waals surface area contributed by atoms with Crippen molar-refractivity contribution in [1.82, 2.24) is 15.5 Å². The molecule has 0 fully saturated rings. The van der Waals surface area contributed by atoms with Gasteiger partial charge < -0.3 is 11.1 Å². The van der Waals surface area contributed by atoms with E-state index >= 15 is 0 Å². The van der Waals surface area contributed by atoms with Gasteiger partial charge in [-0.2, -0.15) is 5.10 Å². The molecule has 1 amide bonds. The second-order valence-electron chi connectivity index (χ2n) is 3.57. The Labute approximate surface area is 89.4 Å². The Morgan fingerprint density at radius 3 is 3.13 bits per heavy atom. The molecule has 0 spiro atoms. The Hall–Kier alpha value is -1.36. The van der Waals surface area contributed by atoms with Crippen molar-refractivity contribution in [1.29, 1.82) is 0 Å². The maximum absolute atomic E-state index is 11.5. The first-order chi connectivity index (χ1) is 7.24. The van der Waals surface area contributed by atoms with Crippen LogP contribution in [0.15, 0.2) is 12.4 Å². The molecule has 0 aromatic carbocycles. The van der Waals surface area contributed by atoms with Gasteiger partial charge in [-0.3, -0.25) is 9.89 Å². The van der Waals surface area contributed by atoms with Crippen molar-refractivity contribution in [2.75, 3.05) is 0 Å². The number of aromatic nitrogens is 2. The molecule has 1 aromatic heterocycles. The smallest absolute Gasteiger partial charge is 0.237 e. The van der Waals surface area contributed by atoms with E-state index in [0.29, 0.717) is 6.54 Å². The fourth-order valence-corrected chi connectivity index (χ4v) is 1.25. The summed E-state index contributed by atoms with van der Waals surface area (Å²) in [6, 6.07) is -0.392. The molecule has 1 heterocycles. The fourth-order valence-electron chi connectivity index (χ4n) is 1.25. The van der Waals surface area contributed by atoms with Crippen LogP contribution >= 0.6 is 0 Å². The molecule has 1 aromatic rings. The molecule has 1 rings (SSSR count). The molecule has 0 aliphatic carbocycles. The van der Waals surface area contributed by atoms with Crippen LogP contribution in [0, 0.1) is 0 Å². The number of rotatable bonds is 6. The van der Waals surface area contributed by atoms with Gasteiger partial charge >= 0.3 is 0 Å². The van der Waals surface area contributed by atoms with Crippen LogP contribution in [-0.2, 0) is 11.3 Å². The topological polar surface area (TPSA) is 83.8 Å². The third-order valence-electron chi connectivity index (χ3n) is 2.23. The number of hydrogen-bond donors (Lipinski definition) is 3. The van der Waals surface area contributed by atoms with Gasteiger partial charge in [-0.05, 0) is 6.42 Å². The van der Waals surface area contributed by atoms with Crippen LogP contribution in [0.25, 0.3) is 0 Å². The van der Waals surface area contributed by atoms with Crippen molar-refractivity contribution in [3.63, 3.8) is 0 Å². The molecule has 0 aliphatic heterocycles. The number of hydrogen-bond acceptors (Lipinski definition) is 3. The van der Waals surface area contributed by atoms with Gasteiger partial charge in [0.2, 0.25) is 5.91 Å². The molecular formula is C10H18N4O. The molecule has 5 heteroatoms. The molecule has 0 saturated carbocycles. The predicted octanol–water partition coefficient (Wildman–Crippen LogP) is 0.543. The number of nitrogens with zero attached hydrogens (tertiary/aromatic N) is 1. The molecule has 4 N–H and O–H groups in total. The number of aromatic amines is 1. The second kappa shape index (κ2) is 6.19. The monoisotopic (exact) mass is 210 g/mol. The number of nitrogens with one attached hydrogen (secondary N) is 2. The van der Waals surface area contributed by atoms with E-state index in [4.69, 9.17) is 5.73 Å². The molecule has 0 saturated heterocycles. The van der Waals surface area contributed by atoms with Gasteiger partial charge in [0.25, 0.3) is 0 Å². The van der Waals surface area contributed by atoms with Crippen molar-refractivity contribution in [3.8, 4) is 0 Å². The maximum Gasteiger partial charge on any atom is 0.237 e. The van der Waals surface area contributed by atoms with Crippen molar-refractivity contribution in [2.45, 2.75) is 38.8 Å². The third kappa shape index (κ3) is 4.12. The van der Waals surface area contributed by atoms with Crippen LogP contribution in [-0.4, -0.2) is 22.1 Å². The molecule has 15 heavy (non-hydrogen) atoms. The Kier molecular flexibility index (Phi) is 4.83. The van der Waals surface area contributed by atoms with E-state index in [1.807, 2.05) is 0 Å². The first-order valence-corrected chi connectivity index (χ1v) is 5.25. The number of H-pyrrole nitrogens is 1. The van der Waals surface area contributed by atoms with Gasteiger partial charge in [-0.25, -0.2) is 0 Å². The molecule has 5 nitrogen and oxygen atoms in total. The highest BCUT2D eigenvalue weighted by molar-refractivity contribution is 5.81. The van der Waals surface area contributed by atoms with Crippen LogP contribution in [0.1, 0.15) is 31.7 Å². The minimum atomic E-state index is -0.392. The van der Waals surface area contributed by atoms with Crippen molar-refractivity contribution >= 4 is 5.91 Å². The summed E-state index contributed by atoms with van der Waals surface area (Å²) in [5, 5.41) is 9.24. The predicted molar refractivity (Wildman–Crippen MR) is 57.9 cm³/mol. The summed E-state index contributed by atoms with van der Waals surface area (Å²) in [6.07, 6.45) is 6.21. The molecule has 0 radical (unpaired) electrons. The van der Waals surface area contributed by atoms with Gasteiger partial charge in [-0.1, -0.05) is 19.8 Å². The average Bonchev–Trinajstić information content (AvgIpc) is 2.75. The van der Waals surface area contributed by atoms with E-state index in [9.17, 15) is 4.79 Å². The highest BCUT2D eigenvalue weighted by Gasteiger charge is 2.11. The lowest BCUT2D eigenvalue weighted by Crippen LogP contribution is -2.40. The summed E-state index contributed by atoms with van der Waals surface area (Å²) in [5.74, 6) is -0.0929. The summed E-state index contributed by atoms with van der Waals surface area (Å²) < 4.78 is 0. The highest BCUT2D eigenvalue weighted by Crippen LogP contribution is 1.99. The molecular weight excluding hydrogens is 192 g/mol. The van der Waals surface area contributed by atoms with Crippen LogP contribution in [0.5, 0.6) is 0 Å². The number of unbranched alkanes of at least 4 members (excludes halogenated alkanes) is 1. The van der Waals surface area contributed by atoms with Gasteiger partial charge in [-0.15, -0.1) is 0 Å². The van der Waals surface area contributed by atoms with E-state index in [1.165, 1.54) is 0 Å². The van der Waals surface area contributed by atoms with E-state index < -0.39 is 6.04 Å². The molecule has 0 bridgehead atoms.